The number of methoxy groups -OCH3 is 3. The van der Waals surface area contributed by atoms with Crippen molar-refractivity contribution in [1.82, 2.24) is 9.80 Å². The van der Waals surface area contributed by atoms with Crippen LogP contribution in [-0.4, -0.2) is 75.9 Å². The van der Waals surface area contributed by atoms with Gasteiger partial charge in [0.15, 0.2) is 0 Å². The van der Waals surface area contributed by atoms with Crippen LogP contribution in [0.3, 0.4) is 0 Å². The van der Waals surface area contributed by atoms with E-state index in [9.17, 15) is 9.59 Å². The number of nitrogens with one attached hydrogen (secondary N) is 1. The van der Waals surface area contributed by atoms with Crippen LogP contribution in [-0.2, 0) is 16.1 Å². The number of ether oxygens (including phenoxy) is 4. The van der Waals surface area contributed by atoms with Crippen molar-refractivity contribution in [3.63, 3.8) is 0 Å². The van der Waals surface area contributed by atoms with Gasteiger partial charge in [0, 0.05) is 32.7 Å². The maximum absolute atomic E-state index is 12.9. The Labute approximate surface area is 229 Å². The van der Waals surface area contributed by atoms with Gasteiger partial charge < -0.3 is 29.2 Å². The first kappa shape index (κ1) is 27.9. The number of nitrogens with zero attached hydrogens (tertiary/aromatic N) is 2. The van der Waals surface area contributed by atoms with Gasteiger partial charge in [-0.3, -0.25) is 4.90 Å². The maximum Gasteiger partial charge on any atom is 0.337 e. The number of carbonyl (C=O) groups excluding carboxylic acids is 2. The molecule has 1 aliphatic heterocycles. The van der Waals surface area contributed by atoms with Crippen molar-refractivity contribution in [3.05, 3.63) is 89.5 Å². The lowest BCUT2D eigenvalue weighted by atomic mass is 10.1. The van der Waals surface area contributed by atoms with Gasteiger partial charge in [-0.1, -0.05) is 36.4 Å². The number of esters is 1. The summed E-state index contributed by atoms with van der Waals surface area (Å²) in [6.07, 6.45) is -0.214. The molecule has 0 aromatic heterocycles. The van der Waals surface area contributed by atoms with Crippen LogP contribution in [0.4, 0.5) is 10.5 Å². The van der Waals surface area contributed by atoms with Crippen LogP contribution in [0.15, 0.2) is 72.8 Å². The first-order valence-corrected chi connectivity index (χ1v) is 12.8. The molecule has 0 bridgehead atoms. The van der Waals surface area contributed by atoms with E-state index in [1.807, 2.05) is 65.6 Å². The molecule has 2 amide bonds. The Bertz CT molecular complexity index is 1240. The summed E-state index contributed by atoms with van der Waals surface area (Å²) in [6, 6.07) is 22.3. The zero-order chi connectivity index (χ0) is 27.6. The number of hydrogen-bond donors (Lipinski definition) is 1. The molecule has 1 fully saturated rings. The molecule has 0 spiro atoms. The lowest BCUT2D eigenvalue weighted by Crippen LogP contribution is -2.50. The summed E-state index contributed by atoms with van der Waals surface area (Å²) < 4.78 is 22.0. The number of hydrogen-bond acceptors (Lipinski definition) is 7. The van der Waals surface area contributed by atoms with E-state index in [2.05, 4.69) is 10.2 Å². The summed E-state index contributed by atoms with van der Waals surface area (Å²) >= 11 is 0. The molecule has 1 atom stereocenters. The van der Waals surface area contributed by atoms with Crippen LogP contribution < -0.4 is 14.8 Å². The molecular formula is C30H35N3O6. The highest BCUT2D eigenvalue weighted by atomic mass is 16.5. The molecule has 9 nitrogen and oxygen atoms in total. The van der Waals surface area contributed by atoms with Crippen molar-refractivity contribution < 1.29 is 28.5 Å². The van der Waals surface area contributed by atoms with E-state index in [1.54, 1.807) is 26.4 Å². The zero-order valence-corrected chi connectivity index (χ0v) is 22.6. The highest BCUT2D eigenvalue weighted by molar-refractivity contribution is 5.91. The second kappa shape index (κ2) is 13.6. The van der Waals surface area contributed by atoms with E-state index < -0.39 is 0 Å². The van der Waals surface area contributed by atoms with Gasteiger partial charge in [-0.2, -0.15) is 0 Å². The van der Waals surface area contributed by atoms with Crippen LogP contribution in [0, 0.1) is 0 Å². The number of anilines is 1. The minimum absolute atomic E-state index is 0.143. The Balaban J connectivity index is 1.37. The van der Waals surface area contributed by atoms with Gasteiger partial charge in [-0.05, 0) is 47.5 Å². The van der Waals surface area contributed by atoms with Gasteiger partial charge in [0.2, 0.25) is 0 Å². The fraction of sp³-hybridized carbons (Fsp3) is 0.333. The Morgan fingerprint density at radius 2 is 1.62 bits per heavy atom. The number of amides is 2. The molecule has 9 heteroatoms. The Hall–Kier alpha value is -4.08. The summed E-state index contributed by atoms with van der Waals surface area (Å²) in [7, 11) is 4.60. The van der Waals surface area contributed by atoms with Crippen LogP contribution >= 0.6 is 0 Å². The average molecular weight is 534 g/mol. The Morgan fingerprint density at radius 3 is 2.31 bits per heavy atom. The SMILES string of the molecule is COC(=O)c1ccc(COC(CN2CCN(C(=O)Nc3ccccc3OC)CC2)c2cccc(OC)c2)cc1. The monoisotopic (exact) mass is 533 g/mol. The molecule has 4 rings (SSSR count). The topological polar surface area (TPSA) is 89.6 Å². The summed E-state index contributed by atoms with van der Waals surface area (Å²) in [5.74, 6) is 1.02. The Morgan fingerprint density at radius 1 is 0.872 bits per heavy atom. The second-order valence-electron chi connectivity index (χ2n) is 9.18. The minimum atomic E-state index is -0.368. The predicted molar refractivity (Wildman–Crippen MR) is 148 cm³/mol. The third kappa shape index (κ3) is 7.49. The predicted octanol–water partition coefficient (Wildman–Crippen LogP) is 4.60. The molecule has 39 heavy (non-hydrogen) atoms. The molecular weight excluding hydrogens is 498 g/mol. The second-order valence-corrected chi connectivity index (χ2v) is 9.18. The molecule has 0 aliphatic carbocycles. The normalized spacial score (nSPS) is 14.4. The highest BCUT2D eigenvalue weighted by Gasteiger charge is 2.25. The fourth-order valence-corrected chi connectivity index (χ4v) is 4.46. The molecule has 1 aliphatic rings. The molecule has 0 saturated carbocycles. The summed E-state index contributed by atoms with van der Waals surface area (Å²) in [5.41, 5.74) is 3.11. The molecule has 0 radical (unpaired) electrons. The van der Waals surface area contributed by atoms with Crippen molar-refractivity contribution in [2.24, 2.45) is 0 Å². The number of urea groups is 1. The van der Waals surface area contributed by atoms with Crippen LogP contribution in [0.2, 0.25) is 0 Å². The van der Waals surface area contributed by atoms with Crippen molar-refractivity contribution in [2.75, 3.05) is 59.4 Å². The number of benzene rings is 3. The van der Waals surface area contributed by atoms with Crippen molar-refractivity contribution in [3.8, 4) is 11.5 Å². The van der Waals surface area contributed by atoms with E-state index in [-0.39, 0.29) is 18.1 Å². The standard InChI is InChI=1S/C30H35N3O6/c1-36-25-8-6-7-24(19-25)28(39-21-22-11-13-23(14-12-22)29(34)38-3)20-32-15-17-33(18-16-32)30(35)31-26-9-4-5-10-27(26)37-2/h4-14,19,28H,15-18,20-21H2,1-3H3,(H,31,35). The van der Waals surface area contributed by atoms with Crippen LogP contribution in [0.1, 0.15) is 27.6 Å². The van der Waals surface area contributed by atoms with E-state index >= 15 is 0 Å². The Kier molecular flexibility index (Phi) is 9.77. The first-order chi connectivity index (χ1) is 19.0. The molecule has 206 valence electrons. The quantitative estimate of drug-likeness (QED) is 0.381. The number of para-hydroxylation sites is 2. The van der Waals surface area contributed by atoms with Gasteiger partial charge in [0.05, 0.1) is 45.3 Å². The number of carbonyl (C=O) groups is 2. The molecule has 1 saturated heterocycles. The van der Waals surface area contributed by atoms with Crippen molar-refractivity contribution in [2.45, 2.75) is 12.7 Å². The van der Waals surface area contributed by atoms with Gasteiger partial charge >= 0.3 is 12.0 Å². The van der Waals surface area contributed by atoms with E-state index in [4.69, 9.17) is 18.9 Å². The van der Waals surface area contributed by atoms with E-state index in [1.165, 1.54) is 7.11 Å². The number of rotatable bonds is 10. The third-order valence-electron chi connectivity index (χ3n) is 6.72. The third-order valence-corrected chi connectivity index (χ3v) is 6.72. The van der Waals surface area contributed by atoms with Gasteiger partial charge in [0.25, 0.3) is 0 Å². The summed E-state index contributed by atoms with van der Waals surface area (Å²) in [6.45, 7) is 3.68. The van der Waals surface area contributed by atoms with E-state index in [0.29, 0.717) is 43.2 Å². The first-order valence-electron chi connectivity index (χ1n) is 12.8. The fourth-order valence-electron chi connectivity index (χ4n) is 4.46. The smallest absolute Gasteiger partial charge is 0.337 e. The van der Waals surface area contributed by atoms with Crippen LogP contribution in [0.5, 0.6) is 11.5 Å². The average Bonchev–Trinajstić information content (AvgIpc) is 2.99. The molecule has 3 aromatic carbocycles. The molecule has 3 aromatic rings. The highest BCUT2D eigenvalue weighted by Crippen LogP contribution is 2.26. The maximum atomic E-state index is 12.9. The van der Waals surface area contributed by atoms with Crippen LogP contribution in [0.25, 0.3) is 0 Å². The van der Waals surface area contributed by atoms with Gasteiger partial charge in [0.1, 0.15) is 11.5 Å². The molecule has 1 unspecified atom stereocenters. The lowest BCUT2D eigenvalue weighted by molar-refractivity contribution is 0.00582. The van der Waals surface area contributed by atoms with E-state index in [0.717, 1.165) is 30.0 Å². The zero-order valence-electron chi connectivity index (χ0n) is 22.6. The minimum Gasteiger partial charge on any atom is -0.497 e. The molecule has 1 heterocycles. The molecule has 1 N–H and O–H groups in total. The van der Waals surface area contributed by atoms with Crippen molar-refractivity contribution >= 4 is 17.7 Å². The summed E-state index contributed by atoms with van der Waals surface area (Å²) in [5, 5.41) is 2.95. The largest absolute Gasteiger partial charge is 0.497 e. The summed E-state index contributed by atoms with van der Waals surface area (Å²) in [4.78, 5) is 28.7. The number of piperazine rings is 1. The van der Waals surface area contributed by atoms with Gasteiger partial charge in [-0.25, -0.2) is 9.59 Å². The van der Waals surface area contributed by atoms with Crippen molar-refractivity contribution in [1.29, 1.82) is 0 Å². The lowest BCUT2D eigenvalue weighted by Gasteiger charge is -2.36. The van der Waals surface area contributed by atoms with Gasteiger partial charge in [-0.15, -0.1) is 0 Å².